The van der Waals surface area contributed by atoms with E-state index in [1.165, 1.54) is 5.56 Å². The van der Waals surface area contributed by atoms with Gasteiger partial charge in [-0.05, 0) is 25.5 Å². The number of nitrogens with zero attached hydrogens (tertiary/aromatic N) is 1. The largest absolute Gasteiger partial charge is 0.345 e. The van der Waals surface area contributed by atoms with Crippen LogP contribution in [-0.4, -0.2) is 33.9 Å². The first kappa shape index (κ1) is 16.4. The van der Waals surface area contributed by atoms with Gasteiger partial charge >= 0.3 is 0 Å². The number of hydrogen-bond acceptors (Lipinski definition) is 2. The summed E-state index contributed by atoms with van der Waals surface area (Å²) in [5.74, 6) is -0.00261. The molecule has 0 bridgehead atoms. The molecule has 0 radical (unpaired) electrons. The van der Waals surface area contributed by atoms with Crippen molar-refractivity contribution in [1.82, 2.24) is 4.90 Å². The van der Waals surface area contributed by atoms with Crippen LogP contribution in [0.4, 0.5) is 0 Å². The molecule has 0 N–H and O–H groups in total. The number of amides is 1. The summed E-state index contributed by atoms with van der Waals surface area (Å²) in [4.78, 5) is 14.0. The zero-order valence-electron chi connectivity index (χ0n) is 12.9. The standard InChI is InChI=1S/C11H13NO2S.C7H8/c1-12-8-7-10(11(12)13)15(14)9-5-3-2-4-6-9;1-7-5-3-2-4-6-7/h2-6,10H,7-8H2,1H3;2-6H,1H3. The quantitative estimate of drug-likeness (QED) is 0.854. The second kappa shape index (κ2) is 7.90. The second-order valence-electron chi connectivity index (χ2n) is 5.30. The molecule has 1 aliphatic heterocycles. The highest BCUT2D eigenvalue weighted by Crippen LogP contribution is 2.20. The fourth-order valence-electron chi connectivity index (χ4n) is 2.24. The van der Waals surface area contributed by atoms with Crippen molar-refractivity contribution in [2.75, 3.05) is 13.6 Å². The van der Waals surface area contributed by atoms with Crippen molar-refractivity contribution in [3.8, 4) is 0 Å². The molecule has 1 aliphatic rings. The Kier molecular flexibility index (Phi) is 5.90. The summed E-state index contributed by atoms with van der Waals surface area (Å²) < 4.78 is 12.1. The molecule has 0 spiro atoms. The molecule has 3 rings (SSSR count). The van der Waals surface area contributed by atoms with E-state index in [1.807, 2.05) is 48.5 Å². The van der Waals surface area contributed by atoms with Crippen LogP contribution in [0.15, 0.2) is 65.6 Å². The number of likely N-dealkylation sites (tertiary alicyclic amines) is 1. The van der Waals surface area contributed by atoms with Crippen LogP contribution in [-0.2, 0) is 15.6 Å². The van der Waals surface area contributed by atoms with Crippen LogP contribution < -0.4 is 0 Å². The van der Waals surface area contributed by atoms with Crippen LogP contribution in [0.2, 0.25) is 0 Å². The van der Waals surface area contributed by atoms with Gasteiger partial charge in [0, 0.05) is 18.5 Å². The molecule has 1 fully saturated rings. The van der Waals surface area contributed by atoms with Gasteiger partial charge in [0.15, 0.2) is 0 Å². The van der Waals surface area contributed by atoms with Gasteiger partial charge < -0.3 is 4.90 Å². The van der Waals surface area contributed by atoms with Crippen LogP contribution in [0.5, 0.6) is 0 Å². The number of rotatable bonds is 2. The molecule has 2 aromatic rings. The van der Waals surface area contributed by atoms with E-state index in [2.05, 4.69) is 19.1 Å². The summed E-state index contributed by atoms with van der Waals surface area (Å²) >= 11 is 0. The molecule has 22 heavy (non-hydrogen) atoms. The highest BCUT2D eigenvalue weighted by molar-refractivity contribution is 7.86. The first-order chi connectivity index (χ1) is 10.6. The van der Waals surface area contributed by atoms with Crippen molar-refractivity contribution in [1.29, 1.82) is 0 Å². The molecule has 116 valence electrons. The summed E-state index contributed by atoms with van der Waals surface area (Å²) in [7, 11) is 0.554. The molecule has 1 saturated heterocycles. The topological polar surface area (TPSA) is 37.4 Å². The van der Waals surface area contributed by atoms with Gasteiger partial charge in [-0.15, -0.1) is 0 Å². The summed E-state index contributed by atoms with van der Waals surface area (Å²) in [5, 5.41) is -0.350. The molecular formula is C18H21NO2S. The number of carbonyl (C=O) groups excluding carboxylic acids is 1. The maximum absolute atomic E-state index is 12.1. The Morgan fingerprint density at radius 3 is 1.95 bits per heavy atom. The van der Waals surface area contributed by atoms with Crippen molar-refractivity contribution in [3.63, 3.8) is 0 Å². The van der Waals surface area contributed by atoms with E-state index in [1.54, 1.807) is 11.9 Å². The minimum Gasteiger partial charge on any atom is -0.345 e. The molecule has 4 heteroatoms. The summed E-state index contributed by atoms with van der Waals surface area (Å²) in [6, 6.07) is 19.4. The fourth-order valence-corrected chi connectivity index (χ4v) is 3.68. The van der Waals surface area contributed by atoms with Crippen LogP contribution in [0, 0.1) is 6.92 Å². The van der Waals surface area contributed by atoms with Gasteiger partial charge in [-0.1, -0.05) is 54.1 Å². The van der Waals surface area contributed by atoms with E-state index in [9.17, 15) is 9.00 Å². The lowest BCUT2D eigenvalue weighted by Gasteiger charge is -2.09. The molecule has 2 atom stereocenters. The predicted octanol–water partition coefficient (Wildman–Crippen LogP) is 3.02. The molecule has 2 aromatic carbocycles. The maximum atomic E-state index is 12.1. The molecule has 0 saturated carbocycles. The number of hydrogen-bond donors (Lipinski definition) is 0. The first-order valence-corrected chi connectivity index (χ1v) is 8.53. The molecule has 0 aliphatic carbocycles. The monoisotopic (exact) mass is 315 g/mol. The third-order valence-electron chi connectivity index (χ3n) is 3.55. The van der Waals surface area contributed by atoms with Gasteiger partial charge in [0.05, 0.1) is 10.8 Å². The average molecular weight is 315 g/mol. The normalized spacial score (nSPS) is 18.5. The van der Waals surface area contributed by atoms with Crippen LogP contribution >= 0.6 is 0 Å². The van der Waals surface area contributed by atoms with Gasteiger partial charge in [-0.25, -0.2) is 0 Å². The Balaban J connectivity index is 0.000000211. The van der Waals surface area contributed by atoms with E-state index < -0.39 is 10.8 Å². The number of benzene rings is 2. The van der Waals surface area contributed by atoms with Crippen molar-refractivity contribution in [3.05, 3.63) is 66.2 Å². The number of aryl methyl sites for hydroxylation is 1. The average Bonchev–Trinajstić information content (AvgIpc) is 2.88. The molecular weight excluding hydrogens is 294 g/mol. The lowest BCUT2D eigenvalue weighted by Crippen LogP contribution is -2.28. The summed E-state index contributed by atoms with van der Waals surface area (Å²) in [6.07, 6.45) is 0.691. The van der Waals surface area contributed by atoms with Crippen LogP contribution in [0.1, 0.15) is 12.0 Å². The lowest BCUT2D eigenvalue weighted by molar-refractivity contribution is -0.126. The molecule has 1 heterocycles. The Labute approximate surface area is 134 Å². The minimum absolute atomic E-state index is 0.00261. The van der Waals surface area contributed by atoms with Gasteiger partial charge in [-0.2, -0.15) is 0 Å². The Morgan fingerprint density at radius 2 is 1.55 bits per heavy atom. The fraction of sp³-hybridized carbons (Fsp3) is 0.278. The second-order valence-corrected chi connectivity index (χ2v) is 6.94. The third-order valence-corrected chi connectivity index (χ3v) is 5.24. The highest BCUT2D eigenvalue weighted by atomic mass is 32.2. The third kappa shape index (κ3) is 4.28. The van der Waals surface area contributed by atoms with Gasteiger partial charge in [0.2, 0.25) is 5.91 Å². The van der Waals surface area contributed by atoms with E-state index >= 15 is 0 Å². The van der Waals surface area contributed by atoms with E-state index in [-0.39, 0.29) is 11.2 Å². The highest BCUT2D eigenvalue weighted by Gasteiger charge is 2.34. The van der Waals surface area contributed by atoms with Crippen molar-refractivity contribution < 1.29 is 9.00 Å². The lowest BCUT2D eigenvalue weighted by atomic mass is 10.2. The van der Waals surface area contributed by atoms with Gasteiger partial charge in [-0.3, -0.25) is 9.00 Å². The Bertz CT molecular complexity index is 628. The molecule has 2 unspecified atom stereocenters. The maximum Gasteiger partial charge on any atom is 0.238 e. The smallest absolute Gasteiger partial charge is 0.238 e. The van der Waals surface area contributed by atoms with Crippen molar-refractivity contribution in [2.24, 2.45) is 0 Å². The van der Waals surface area contributed by atoms with E-state index in [0.717, 1.165) is 4.90 Å². The summed E-state index contributed by atoms with van der Waals surface area (Å²) in [6.45, 7) is 2.79. The van der Waals surface area contributed by atoms with Crippen LogP contribution in [0.25, 0.3) is 0 Å². The zero-order valence-corrected chi connectivity index (χ0v) is 13.8. The molecule has 0 aromatic heterocycles. The Hall–Kier alpha value is -1.94. The minimum atomic E-state index is -1.20. The predicted molar refractivity (Wildman–Crippen MR) is 90.1 cm³/mol. The van der Waals surface area contributed by atoms with Crippen molar-refractivity contribution >= 4 is 16.7 Å². The van der Waals surface area contributed by atoms with E-state index in [4.69, 9.17) is 0 Å². The van der Waals surface area contributed by atoms with Gasteiger partial charge in [0.25, 0.3) is 0 Å². The van der Waals surface area contributed by atoms with Crippen LogP contribution in [0.3, 0.4) is 0 Å². The zero-order chi connectivity index (χ0) is 15.9. The first-order valence-electron chi connectivity index (χ1n) is 7.32. The summed E-state index contributed by atoms with van der Waals surface area (Å²) in [5.41, 5.74) is 1.32. The molecule has 3 nitrogen and oxygen atoms in total. The SMILES string of the molecule is CN1CCC(S(=O)c2ccccc2)C1=O.Cc1ccccc1. The van der Waals surface area contributed by atoms with E-state index in [0.29, 0.717) is 13.0 Å². The van der Waals surface area contributed by atoms with Crippen molar-refractivity contribution in [2.45, 2.75) is 23.5 Å². The number of carbonyl (C=O) groups is 1. The van der Waals surface area contributed by atoms with Gasteiger partial charge in [0.1, 0.15) is 5.25 Å². The molecule has 1 amide bonds. The Morgan fingerprint density at radius 1 is 1.00 bits per heavy atom.